The lowest BCUT2D eigenvalue weighted by atomic mass is 10.2. The Hall–Kier alpha value is -1.52. The summed E-state index contributed by atoms with van der Waals surface area (Å²) in [4.78, 5) is 14.9. The molecule has 1 heterocycles. The van der Waals surface area contributed by atoms with Crippen molar-refractivity contribution in [1.82, 2.24) is 9.55 Å². The minimum absolute atomic E-state index is 0.0763. The molecule has 0 spiro atoms. The van der Waals surface area contributed by atoms with Crippen LogP contribution in [0, 0.1) is 0 Å². The van der Waals surface area contributed by atoms with E-state index in [1.54, 1.807) is 31.3 Å². The fourth-order valence-electron chi connectivity index (χ4n) is 1.50. The quantitative estimate of drug-likeness (QED) is 0.913. The second-order valence-electron chi connectivity index (χ2n) is 3.42. The van der Waals surface area contributed by atoms with Gasteiger partial charge in [-0.2, -0.15) is 0 Å². The summed E-state index contributed by atoms with van der Waals surface area (Å²) in [5, 5.41) is 9.50. The molecule has 4 nitrogen and oxygen atoms in total. The summed E-state index contributed by atoms with van der Waals surface area (Å²) < 4.78 is 1.49. The summed E-state index contributed by atoms with van der Waals surface area (Å²) in [6.45, 7) is 0. The molecule has 88 valence electrons. The third-order valence-corrected chi connectivity index (χ3v) is 3.10. The van der Waals surface area contributed by atoms with Crippen LogP contribution in [0.3, 0.4) is 0 Å². The molecular weight excluding hydrogens is 263 g/mol. The summed E-state index contributed by atoms with van der Waals surface area (Å²) in [5.41, 5.74) is 0.468. The van der Waals surface area contributed by atoms with Gasteiger partial charge in [-0.05, 0) is 12.1 Å². The van der Waals surface area contributed by atoms with E-state index >= 15 is 0 Å². The van der Waals surface area contributed by atoms with Gasteiger partial charge in [-0.15, -0.1) is 0 Å². The zero-order valence-corrected chi connectivity index (χ0v) is 10.3. The number of hydrogen-bond donors (Lipinski definition) is 1. The largest absolute Gasteiger partial charge is 0.476 e. The minimum Gasteiger partial charge on any atom is -0.476 e. The predicted octanol–water partition coefficient (Wildman–Crippen LogP) is 3.09. The first-order valence-corrected chi connectivity index (χ1v) is 5.48. The Bertz CT molecular complexity index is 593. The van der Waals surface area contributed by atoms with Crippen LogP contribution in [-0.4, -0.2) is 20.6 Å². The second-order valence-corrected chi connectivity index (χ2v) is 4.18. The predicted molar refractivity (Wildman–Crippen MR) is 65.6 cm³/mol. The van der Waals surface area contributed by atoms with Crippen molar-refractivity contribution in [3.63, 3.8) is 0 Å². The molecule has 0 aliphatic carbocycles. The Morgan fingerprint density at radius 1 is 1.35 bits per heavy atom. The molecule has 2 aromatic rings. The summed E-state index contributed by atoms with van der Waals surface area (Å²) in [7, 11) is 1.64. The van der Waals surface area contributed by atoms with Crippen LogP contribution in [-0.2, 0) is 7.05 Å². The van der Waals surface area contributed by atoms with E-state index in [0.717, 1.165) is 0 Å². The summed E-state index contributed by atoms with van der Waals surface area (Å²) >= 11 is 11.9. The van der Waals surface area contributed by atoms with E-state index in [0.29, 0.717) is 16.4 Å². The van der Waals surface area contributed by atoms with Gasteiger partial charge in [0.2, 0.25) is 0 Å². The highest BCUT2D eigenvalue weighted by Crippen LogP contribution is 2.29. The fourth-order valence-corrected chi connectivity index (χ4v) is 1.92. The lowest BCUT2D eigenvalue weighted by Gasteiger charge is -2.03. The van der Waals surface area contributed by atoms with Crippen LogP contribution in [0.15, 0.2) is 24.3 Å². The van der Waals surface area contributed by atoms with Crippen LogP contribution in [0.25, 0.3) is 11.4 Å². The zero-order chi connectivity index (χ0) is 12.6. The molecule has 0 fully saturated rings. The standard InChI is InChI=1S/C11H8Cl2N2O2/c1-15-9(13)8(11(16)17)14-10(15)6-4-2-3-5-7(6)12/h2-5H,1H3,(H,16,17). The van der Waals surface area contributed by atoms with E-state index in [1.807, 2.05) is 0 Å². The molecule has 17 heavy (non-hydrogen) atoms. The normalized spacial score (nSPS) is 10.5. The molecule has 0 amide bonds. The first kappa shape index (κ1) is 12.0. The van der Waals surface area contributed by atoms with Gasteiger partial charge in [0.05, 0.1) is 5.02 Å². The fraction of sp³-hybridized carbons (Fsp3) is 0.0909. The van der Waals surface area contributed by atoms with E-state index in [4.69, 9.17) is 28.3 Å². The van der Waals surface area contributed by atoms with Crippen LogP contribution in [0.4, 0.5) is 0 Å². The molecular formula is C11H8Cl2N2O2. The number of carbonyl (C=O) groups is 1. The van der Waals surface area contributed by atoms with E-state index in [1.165, 1.54) is 4.57 Å². The van der Waals surface area contributed by atoms with Crippen molar-refractivity contribution < 1.29 is 9.90 Å². The van der Waals surface area contributed by atoms with Crippen molar-refractivity contribution in [2.24, 2.45) is 7.05 Å². The van der Waals surface area contributed by atoms with E-state index in [-0.39, 0.29) is 10.8 Å². The number of hydrogen-bond acceptors (Lipinski definition) is 2. The molecule has 0 saturated carbocycles. The van der Waals surface area contributed by atoms with E-state index in [2.05, 4.69) is 4.98 Å². The number of imidazole rings is 1. The molecule has 6 heteroatoms. The van der Waals surface area contributed by atoms with Gasteiger partial charge in [-0.25, -0.2) is 9.78 Å². The molecule has 0 radical (unpaired) electrons. The Labute approximate surface area is 107 Å². The van der Waals surface area contributed by atoms with Crippen LogP contribution >= 0.6 is 23.2 Å². The Morgan fingerprint density at radius 3 is 2.53 bits per heavy atom. The first-order valence-electron chi connectivity index (χ1n) is 4.72. The average Bonchev–Trinajstić information content (AvgIpc) is 2.57. The van der Waals surface area contributed by atoms with Gasteiger partial charge in [0.1, 0.15) is 11.0 Å². The molecule has 2 rings (SSSR count). The summed E-state index contributed by atoms with van der Waals surface area (Å²) in [6, 6.07) is 7.05. The van der Waals surface area contributed by atoms with Crippen molar-refractivity contribution in [3.05, 3.63) is 40.1 Å². The van der Waals surface area contributed by atoms with Crippen molar-refractivity contribution in [1.29, 1.82) is 0 Å². The topological polar surface area (TPSA) is 55.1 Å². The van der Waals surface area contributed by atoms with Crippen molar-refractivity contribution in [3.8, 4) is 11.4 Å². The van der Waals surface area contributed by atoms with E-state index in [9.17, 15) is 4.79 Å². The van der Waals surface area contributed by atoms with Gasteiger partial charge in [0.15, 0.2) is 5.69 Å². The molecule has 0 bridgehead atoms. The van der Waals surface area contributed by atoms with Crippen LogP contribution in [0.2, 0.25) is 10.2 Å². The highest BCUT2D eigenvalue weighted by molar-refractivity contribution is 6.34. The number of nitrogens with zero attached hydrogens (tertiary/aromatic N) is 2. The monoisotopic (exact) mass is 270 g/mol. The highest BCUT2D eigenvalue weighted by atomic mass is 35.5. The van der Waals surface area contributed by atoms with Crippen LogP contribution in [0.5, 0.6) is 0 Å². The van der Waals surface area contributed by atoms with Crippen LogP contribution in [0.1, 0.15) is 10.5 Å². The summed E-state index contributed by atoms with van der Waals surface area (Å²) in [6.07, 6.45) is 0. The Kier molecular flexibility index (Phi) is 3.09. The van der Waals surface area contributed by atoms with Gasteiger partial charge in [0, 0.05) is 12.6 Å². The van der Waals surface area contributed by atoms with Gasteiger partial charge in [-0.3, -0.25) is 0 Å². The Morgan fingerprint density at radius 2 is 2.00 bits per heavy atom. The maximum absolute atomic E-state index is 10.9. The number of aromatic carboxylic acids is 1. The molecule has 1 aromatic carbocycles. The summed E-state index contributed by atoms with van der Waals surface area (Å²) in [5.74, 6) is -0.734. The highest BCUT2D eigenvalue weighted by Gasteiger charge is 2.20. The first-order chi connectivity index (χ1) is 8.02. The van der Waals surface area contributed by atoms with E-state index < -0.39 is 5.97 Å². The van der Waals surface area contributed by atoms with Crippen molar-refractivity contribution >= 4 is 29.2 Å². The SMILES string of the molecule is Cn1c(-c2ccccc2Cl)nc(C(=O)O)c1Cl. The molecule has 0 atom stereocenters. The van der Waals surface area contributed by atoms with Crippen molar-refractivity contribution in [2.75, 3.05) is 0 Å². The smallest absolute Gasteiger partial charge is 0.357 e. The van der Waals surface area contributed by atoms with Gasteiger partial charge in [-0.1, -0.05) is 35.3 Å². The number of carboxylic acids is 1. The van der Waals surface area contributed by atoms with Gasteiger partial charge >= 0.3 is 5.97 Å². The minimum atomic E-state index is -1.16. The third-order valence-electron chi connectivity index (χ3n) is 2.34. The Balaban J connectivity index is 2.66. The zero-order valence-electron chi connectivity index (χ0n) is 8.82. The number of aromatic nitrogens is 2. The van der Waals surface area contributed by atoms with Crippen molar-refractivity contribution in [2.45, 2.75) is 0 Å². The van der Waals surface area contributed by atoms with Gasteiger partial charge in [0.25, 0.3) is 0 Å². The molecule has 0 aliphatic rings. The molecule has 1 aromatic heterocycles. The molecule has 0 unspecified atom stereocenters. The third kappa shape index (κ3) is 2.01. The number of carboxylic acid groups (broad SMARTS) is 1. The maximum atomic E-state index is 10.9. The maximum Gasteiger partial charge on any atom is 0.357 e. The van der Waals surface area contributed by atoms with Gasteiger partial charge < -0.3 is 9.67 Å². The average molecular weight is 271 g/mol. The number of benzene rings is 1. The van der Waals surface area contributed by atoms with Crippen LogP contribution < -0.4 is 0 Å². The second kappa shape index (κ2) is 4.39. The lowest BCUT2D eigenvalue weighted by Crippen LogP contribution is -1.97. The lowest BCUT2D eigenvalue weighted by molar-refractivity contribution is 0.0691. The number of halogens is 2. The molecule has 0 saturated heterocycles. The molecule has 1 N–H and O–H groups in total. The number of rotatable bonds is 2. The molecule has 0 aliphatic heterocycles.